The lowest BCUT2D eigenvalue weighted by Gasteiger charge is -2.15. The molecule has 2 saturated carbocycles. The molecule has 0 aliphatic heterocycles. The first-order valence-electron chi connectivity index (χ1n) is 8.39. The second-order valence-corrected chi connectivity index (χ2v) is 6.22. The van der Waals surface area contributed by atoms with Gasteiger partial charge in [0.05, 0.1) is 13.2 Å². The molecule has 0 amide bonds. The molecule has 2 fully saturated rings. The molecule has 0 saturated heterocycles. The lowest BCUT2D eigenvalue weighted by atomic mass is 10.0. The summed E-state index contributed by atoms with van der Waals surface area (Å²) in [6.07, 6.45) is 6.61. The molecule has 22 heavy (non-hydrogen) atoms. The van der Waals surface area contributed by atoms with Gasteiger partial charge in [-0.2, -0.15) is 0 Å². The summed E-state index contributed by atoms with van der Waals surface area (Å²) in [6.45, 7) is 7.02. The standard InChI is InChI=1S/C16H31N3O2.HI/c1-3-17-15(18-9-4-10-21-12-11-20-2)19-13-16(7-8-16)14-5-6-14;/h14H,3-13H2,1-2H3,(H2,17,18,19);1H. The molecule has 0 bridgehead atoms. The van der Waals surface area contributed by atoms with Gasteiger partial charge < -0.3 is 20.1 Å². The van der Waals surface area contributed by atoms with Gasteiger partial charge in [0.1, 0.15) is 0 Å². The van der Waals surface area contributed by atoms with E-state index in [1.54, 1.807) is 7.11 Å². The van der Waals surface area contributed by atoms with Crippen molar-refractivity contribution in [3.05, 3.63) is 0 Å². The summed E-state index contributed by atoms with van der Waals surface area (Å²) >= 11 is 0. The summed E-state index contributed by atoms with van der Waals surface area (Å²) in [5, 5.41) is 6.73. The summed E-state index contributed by atoms with van der Waals surface area (Å²) in [5.74, 6) is 1.93. The fraction of sp³-hybridized carbons (Fsp3) is 0.938. The molecule has 0 heterocycles. The molecule has 0 unspecified atom stereocenters. The van der Waals surface area contributed by atoms with Crippen molar-refractivity contribution in [3.63, 3.8) is 0 Å². The molecule has 0 aromatic heterocycles. The number of nitrogens with zero attached hydrogens (tertiary/aromatic N) is 1. The highest BCUT2D eigenvalue weighted by Gasteiger charge is 2.53. The second-order valence-electron chi connectivity index (χ2n) is 6.22. The molecule has 6 heteroatoms. The van der Waals surface area contributed by atoms with Gasteiger partial charge in [0.15, 0.2) is 5.96 Å². The van der Waals surface area contributed by atoms with E-state index in [0.717, 1.165) is 44.5 Å². The highest BCUT2D eigenvalue weighted by Crippen LogP contribution is 2.61. The molecule has 2 aliphatic carbocycles. The van der Waals surface area contributed by atoms with Crippen molar-refractivity contribution in [1.82, 2.24) is 10.6 Å². The first-order chi connectivity index (χ1) is 10.3. The van der Waals surface area contributed by atoms with Gasteiger partial charge >= 0.3 is 0 Å². The van der Waals surface area contributed by atoms with Crippen LogP contribution in [-0.2, 0) is 9.47 Å². The minimum absolute atomic E-state index is 0. The van der Waals surface area contributed by atoms with Gasteiger partial charge in [-0.3, -0.25) is 4.99 Å². The summed E-state index contributed by atoms with van der Waals surface area (Å²) in [5.41, 5.74) is 0.575. The van der Waals surface area contributed by atoms with E-state index >= 15 is 0 Å². The zero-order valence-electron chi connectivity index (χ0n) is 14.0. The van der Waals surface area contributed by atoms with E-state index in [-0.39, 0.29) is 24.0 Å². The molecule has 2 N–H and O–H groups in total. The number of nitrogens with one attached hydrogen (secondary N) is 2. The third kappa shape index (κ3) is 7.00. The van der Waals surface area contributed by atoms with Gasteiger partial charge in [-0.25, -0.2) is 0 Å². The molecule has 2 rings (SSSR count). The highest BCUT2D eigenvalue weighted by molar-refractivity contribution is 14.0. The van der Waals surface area contributed by atoms with Crippen LogP contribution in [0.1, 0.15) is 39.0 Å². The smallest absolute Gasteiger partial charge is 0.191 e. The van der Waals surface area contributed by atoms with Crippen molar-refractivity contribution in [3.8, 4) is 0 Å². The predicted octanol–water partition coefficient (Wildman–Crippen LogP) is 2.40. The Kier molecular flexibility index (Phi) is 9.66. The monoisotopic (exact) mass is 425 g/mol. The first kappa shape index (κ1) is 20.0. The number of methoxy groups -OCH3 is 1. The minimum atomic E-state index is 0. The van der Waals surface area contributed by atoms with Gasteiger partial charge in [-0.1, -0.05) is 0 Å². The quantitative estimate of drug-likeness (QED) is 0.231. The molecule has 5 nitrogen and oxygen atoms in total. The predicted molar refractivity (Wildman–Crippen MR) is 101 cm³/mol. The molecule has 0 aromatic rings. The van der Waals surface area contributed by atoms with Crippen LogP contribution in [0.2, 0.25) is 0 Å². The summed E-state index contributed by atoms with van der Waals surface area (Å²) in [7, 11) is 1.69. The van der Waals surface area contributed by atoms with Gasteiger partial charge in [0, 0.05) is 33.4 Å². The average Bonchev–Trinajstić information content (AvgIpc) is 3.37. The van der Waals surface area contributed by atoms with E-state index in [2.05, 4.69) is 17.6 Å². The van der Waals surface area contributed by atoms with Crippen molar-refractivity contribution in [2.45, 2.75) is 39.0 Å². The molecule has 130 valence electrons. The Morgan fingerprint density at radius 2 is 1.95 bits per heavy atom. The Hall–Kier alpha value is -0.0800. The van der Waals surface area contributed by atoms with Crippen LogP contribution in [0.5, 0.6) is 0 Å². The maximum Gasteiger partial charge on any atom is 0.191 e. The van der Waals surface area contributed by atoms with E-state index in [4.69, 9.17) is 14.5 Å². The van der Waals surface area contributed by atoms with Crippen LogP contribution in [-0.4, -0.2) is 52.5 Å². The van der Waals surface area contributed by atoms with Crippen LogP contribution >= 0.6 is 24.0 Å². The fourth-order valence-corrected chi connectivity index (χ4v) is 2.76. The molecule has 0 aromatic carbocycles. The molecule has 2 aliphatic rings. The van der Waals surface area contributed by atoms with Crippen molar-refractivity contribution in [1.29, 1.82) is 0 Å². The Morgan fingerprint density at radius 1 is 1.18 bits per heavy atom. The van der Waals surface area contributed by atoms with Crippen LogP contribution in [0.3, 0.4) is 0 Å². The maximum atomic E-state index is 5.45. The van der Waals surface area contributed by atoms with Crippen LogP contribution < -0.4 is 10.6 Å². The average molecular weight is 425 g/mol. The summed E-state index contributed by atoms with van der Waals surface area (Å²) < 4.78 is 10.4. The van der Waals surface area contributed by atoms with E-state index in [1.807, 2.05) is 0 Å². The number of ether oxygens (including phenoxy) is 2. The Morgan fingerprint density at radius 3 is 2.55 bits per heavy atom. The minimum Gasteiger partial charge on any atom is -0.382 e. The highest BCUT2D eigenvalue weighted by atomic mass is 127. The fourth-order valence-electron chi connectivity index (χ4n) is 2.76. The lowest BCUT2D eigenvalue weighted by molar-refractivity contribution is 0.0698. The largest absolute Gasteiger partial charge is 0.382 e. The summed E-state index contributed by atoms with van der Waals surface area (Å²) in [4.78, 5) is 4.79. The van der Waals surface area contributed by atoms with Crippen molar-refractivity contribution >= 4 is 29.9 Å². The summed E-state index contributed by atoms with van der Waals surface area (Å²) in [6, 6.07) is 0. The Bertz CT molecular complexity index is 331. The number of rotatable bonds is 11. The van der Waals surface area contributed by atoms with Gasteiger partial charge in [0.25, 0.3) is 0 Å². The van der Waals surface area contributed by atoms with Crippen molar-refractivity contribution < 1.29 is 9.47 Å². The van der Waals surface area contributed by atoms with E-state index in [0.29, 0.717) is 18.6 Å². The zero-order valence-corrected chi connectivity index (χ0v) is 16.4. The third-order valence-corrected chi connectivity index (χ3v) is 4.42. The Labute approximate surface area is 152 Å². The second kappa shape index (κ2) is 10.6. The lowest BCUT2D eigenvalue weighted by Crippen LogP contribution is -2.38. The number of hydrogen-bond acceptors (Lipinski definition) is 3. The van der Waals surface area contributed by atoms with E-state index in [9.17, 15) is 0 Å². The van der Waals surface area contributed by atoms with Crippen LogP contribution in [0.15, 0.2) is 4.99 Å². The van der Waals surface area contributed by atoms with Crippen LogP contribution in [0, 0.1) is 11.3 Å². The van der Waals surface area contributed by atoms with E-state index < -0.39 is 0 Å². The van der Waals surface area contributed by atoms with Gasteiger partial charge in [-0.15, -0.1) is 24.0 Å². The topological polar surface area (TPSA) is 54.9 Å². The van der Waals surface area contributed by atoms with Crippen LogP contribution in [0.25, 0.3) is 0 Å². The first-order valence-corrected chi connectivity index (χ1v) is 8.39. The molecule has 0 atom stereocenters. The SMILES string of the molecule is CCNC(=NCC1(C2CC2)CC1)NCCCOCCOC.I. The van der Waals surface area contributed by atoms with Gasteiger partial charge in [-0.05, 0) is 50.4 Å². The molecule has 0 radical (unpaired) electrons. The third-order valence-electron chi connectivity index (χ3n) is 4.42. The van der Waals surface area contributed by atoms with Crippen molar-refractivity contribution in [2.24, 2.45) is 16.3 Å². The number of halogens is 1. The molecular formula is C16H32IN3O2. The maximum absolute atomic E-state index is 5.45. The zero-order chi connectivity index (χ0) is 15.0. The van der Waals surface area contributed by atoms with Crippen molar-refractivity contribution in [2.75, 3.05) is 46.6 Å². The van der Waals surface area contributed by atoms with E-state index in [1.165, 1.54) is 25.7 Å². The molecule has 0 spiro atoms. The van der Waals surface area contributed by atoms with Gasteiger partial charge in [0.2, 0.25) is 0 Å². The van der Waals surface area contributed by atoms with Crippen LogP contribution in [0.4, 0.5) is 0 Å². The molecular weight excluding hydrogens is 393 g/mol. The normalized spacial score (nSPS) is 19.5. The Balaban J connectivity index is 0.00000242. The number of hydrogen-bond donors (Lipinski definition) is 2. The number of guanidine groups is 1. The number of aliphatic imine (C=N–C) groups is 1.